The first kappa shape index (κ1) is 17.5. The standard InChI is InChI=1S/C21H26N2O2/c1-15(17-9-10-20(25-3)19(13-17)23-16(2)24)22-14-21(11-12-21)18-7-5-4-6-8-18/h4-10,13,15,22H,11-12,14H2,1-3H3,(H,23,24)/t15-/m1/s1. The van der Waals surface area contributed by atoms with Crippen LogP contribution in [0.25, 0.3) is 0 Å². The van der Waals surface area contributed by atoms with Gasteiger partial charge in [-0.1, -0.05) is 36.4 Å². The fourth-order valence-electron chi connectivity index (χ4n) is 3.26. The topological polar surface area (TPSA) is 50.4 Å². The van der Waals surface area contributed by atoms with Gasteiger partial charge in [-0.2, -0.15) is 0 Å². The van der Waals surface area contributed by atoms with Gasteiger partial charge in [0, 0.05) is 24.9 Å². The molecule has 0 saturated heterocycles. The van der Waals surface area contributed by atoms with Crippen LogP contribution >= 0.6 is 0 Å². The summed E-state index contributed by atoms with van der Waals surface area (Å²) < 4.78 is 5.33. The molecule has 4 nitrogen and oxygen atoms in total. The molecule has 1 saturated carbocycles. The van der Waals surface area contributed by atoms with Crippen LogP contribution in [0, 0.1) is 0 Å². The minimum Gasteiger partial charge on any atom is -0.495 e. The van der Waals surface area contributed by atoms with Crippen molar-refractivity contribution in [2.75, 3.05) is 19.0 Å². The summed E-state index contributed by atoms with van der Waals surface area (Å²) in [7, 11) is 1.61. The minimum absolute atomic E-state index is 0.0999. The molecule has 0 heterocycles. The van der Waals surface area contributed by atoms with Gasteiger partial charge in [0.2, 0.25) is 5.91 Å². The summed E-state index contributed by atoms with van der Waals surface area (Å²) in [6, 6.07) is 16.9. The summed E-state index contributed by atoms with van der Waals surface area (Å²) >= 11 is 0. The highest BCUT2D eigenvalue weighted by atomic mass is 16.5. The van der Waals surface area contributed by atoms with E-state index in [9.17, 15) is 4.79 Å². The van der Waals surface area contributed by atoms with Crippen molar-refractivity contribution in [3.8, 4) is 5.75 Å². The molecule has 0 bridgehead atoms. The zero-order valence-electron chi connectivity index (χ0n) is 15.1. The van der Waals surface area contributed by atoms with Crippen LogP contribution < -0.4 is 15.4 Å². The van der Waals surface area contributed by atoms with E-state index in [0.717, 1.165) is 12.1 Å². The molecule has 1 fully saturated rings. The fraction of sp³-hybridized carbons (Fsp3) is 0.381. The zero-order valence-corrected chi connectivity index (χ0v) is 15.1. The van der Waals surface area contributed by atoms with Crippen molar-refractivity contribution >= 4 is 11.6 Å². The lowest BCUT2D eigenvalue weighted by Gasteiger charge is -2.22. The van der Waals surface area contributed by atoms with Gasteiger partial charge in [-0.3, -0.25) is 4.79 Å². The minimum atomic E-state index is -0.0999. The second kappa shape index (κ2) is 7.28. The third kappa shape index (κ3) is 4.02. The average Bonchev–Trinajstić information content (AvgIpc) is 3.41. The highest BCUT2D eigenvalue weighted by Gasteiger charge is 2.43. The molecular formula is C21H26N2O2. The van der Waals surface area contributed by atoms with Crippen LogP contribution in [0.4, 0.5) is 5.69 Å². The molecule has 2 aromatic rings. The smallest absolute Gasteiger partial charge is 0.221 e. The summed E-state index contributed by atoms with van der Waals surface area (Å²) in [5.41, 5.74) is 3.55. The molecule has 3 rings (SSSR count). The Balaban J connectivity index is 1.69. The number of amides is 1. The van der Waals surface area contributed by atoms with E-state index in [1.165, 1.54) is 25.3 Å². The Bertz CT molecular complexity index is 739. The van der Waals surface area contributed by atoms with E-state index >= 15 is 0 Å². The lowest BCUT2D eigenvalue weighted by atomic mass is 9.95. The Kier molecular flexibility index (Phi) is 5.09. The molecule has 1 aliphatic carbocycles. The van der Waals surface area contributed by atoms with E-state index in [1.807, 2.05) is 18.2 Å². The van der Waals surface area contributed by atoms with Crippen molar-refractivity contribution in [1.29, 1.82) is 0 Å². The first-order chi connectivity index (χ1) is 12.0. The fourth-order valence-corrected chi connectivity index (χ4v) is 3.26. The molecule has 2 N–H and O–H groups in total. The maximum Gasteiger partial charge on any atom is 0.221 e. The maximum absolute atomic E-state index is 11.4. The van der Waals surface area contributed by atoms with Gasteiger partial charge in [0.05, 0.1) is 12.8 Å². The van der Waals surface area contributed by atoms with E-state index < -0.39 is 0 Å². The molecule has 1 atom stereocenters. The van der Waals surface area contributed by atoms with Crippen LogP contribution in [0.1, 0.15) is 43.9 Å². The molecule has 25 heavy (non-hydrogen) atoms. The van der Waals surface area contributed by atoms with Gasteiger partial charge in [0.15, 0.2) is 0 Å². The largest absolute Gasteiger partial charge is 0.495 e. The Morgan fingerprint density at radius 3 is 2.52 bits per heavy atom. The first-order valence-electron chi connectivity index (χ1n) is 8.78. The van der Waals surface area contributed by atoms with Crippen LogP contribution in [0.2, 0.25) is 0 Å². The lowest BCUT2D eigenvalue weighted by molar-refractivity contribution is -0.114. The monoisotopic (exact) mass is 338 g/mol. The number of carbonyl (C=O) groups is 1. The Morgan fingerprint density at radius 2 is 1.92 bits per heavy atom. The van der Waals surface area contributed by atoms with Crippen LogP contribution in [-0.2, 0) is 10.2 Å². The molecule has 0 spiro atoms. The summed E-state index contributed by atoms with van der Waals surface area (Å²) in [6.07, 6.45) is 2.47. The first-order valence-corrected chi connectivity index (χ1v) is 8.78. The van der Waals surface area contributed by atoms with E-state index in [0.29, 0.717) is 11.4 Å². The number of ether oxygens (including phenoxy) is 1. The molecule has 4 heteroatoms. The predicted molar refractivity (Wildman–Crippen MR) is 101 cm³/mol. The molecule has 1 aliphatic rings. The van der Waals surface area contributed by atoms with Gasteiger partial charge < -0.3 is 15.4 Å². The number of anilines is 1. The summed E-state index contributed by atoms with van der Waals surface area (Å²) in [5, 5.41) is 6.50. The normalized spacial score (nSPS) is 16.1. The van der Waals surface area contributed by atoms with E-state index in [2.05, 4.69) is 47.9 Å². The Labute approximate surface area is 149 Å². The van der Waals surface area contributed by atoms with Crippen LogP contribution in [0.15, 0.2) is 48.5 Å². The molecule has 0 unspecified atom stereocenters. The van der Waals surface area contributed by atoms with Gasteiger partial charge in [-0.15, -0.1) is 0 Å². The molecule has 132 valence electrons. The van der Waals surface area contributed by atoms with Gasteiger partial charge in [-0.05, 0) is 43.0 Å². The van der Waals surface area contributed by atoms with Crippen LogP contribution in [-0.4, -0.2) is 19.6 Å². The van der Waals surface area contributed by atoms with Gasteiger partial charge in [-0.25, -0.2) is 0 Å². The SMILES string of the molecule is COc1ccc([C@@H](C)NCC2(c3ccccc3)CC2)cc1NC(C)=O. The predicted octanol–water partition coefficient (Wildman–Crippen LogP) is 4.04. The highest BCUT2D eigenvalue weighted by Crippen LogP contribution is 2.47. The van der Waals surface area contributed by atoms with Crippen molar-refractivity contribution < 1.29 is 9.53 Å². The number of nitrogens with one attached hydrogen (secondary N) is 2. The van der Waals surface area contributed by atoms with Crippen molar-refractivity contribution in [2.24, 2.45) is 0 Å². The van der Waals surface area contributed by atoms with Crippen molar-refractivity contribution in [2.45, 2.75) is 38.1 Å². The average molecular weight is 338 g/mol. The van der Waals surface area contributed by atoms with E-state index in [4.69, 9.17) is 4.74 Å². The second-order valence-electron chi connectivity index (χ2n) is 6.89. The maximum atomic E-state index is 11.4. The van der Waals surface area contributed by atoms with Gasteiger partial charge >= 0.3 is 0 Å². The summed E-state index contributed by atoms with van der Waals surface area (Å²) in [5.74, 6) is 0.575. The third-order valence-electron chi connectivity index (χ3n) is 5.02. The number of hydrogen-bond donors (Lipinski definition) is 2. The molecule has 0 aliphatic heterocycles. The number of benzene rings is 2. The second-order valence-corrected chi connectivity index (χ2v) is 6.89. The number of hydrogen-bond acceptors (Lipinski definition) is 3. The van der Waals surface area contributed by atoms with E-state index in [-0.39, 0.29) is 17.4 Å². The van der Waals surface area contributed by atoms with Crippen LogP contribution in [0.5, 0.6) is 5.75 Å². The number of rotatable bonds is 7. The number of methoxy groups -OCH3 is 1. The number of carbonyl (C=O) groups excluding carboxylic acids is 1. The zero-order chi connectivity index (χ0) is 17.9. The van der Waals surface area contributed by atoms with Gasteiger partial charge in [0.1, 0.15) is 5.75 Å². The molecule has 2 aromatic carbocycles. The molecule has 0 aromatic heterocycles. The molecule has 0 radical (unpaired) electrons. The summed E-state index contributed by atoms with van der Waals surface area (Å²) in [6.45, 7) is 4.62. The highest BCUT2D eigenvalue weighted by molar-refractivity contribution is 5.90. The molecule has 1 amide bonds. The van der Waals surface area contributed by atoms with Gasteiger partial charge in [0.25, 0.3) is 0 Å². The van der Waals surface area contributed by atoms with Crippen LogP contribution in [0.3, 0.4) is 0 Å². The van der Waals surface area contributed by atoms with Crippen molar-refractivity contribution in [1.82, 2.24) is 5.32 Å². The Morgan fingerprint density at radius 1 is 1.20 bits per heavy atom. The molecular weight excluding hydrogens is 312 g/mol. The lowest BCUT2D eigenvalue weighted by Crippen LogP contribution is -2.29. The van der Waals surface area contributed by atoms with E-state index in [1.54, 1.807) is 7.11 Å². The van der Waals surface area contributed by atoms with Crippen molar-refractivity contribution in [3.05, 3.63) is 59.7 Å². The quantitative estimate of drug-likeness (QED) is 0.801. The third-order valence-corrected chi connectivity index (χ3v) is 5.02. The summed E-state index contributed by atoms with van der Waals surface area (Å²) in [4.78, 5) is 11.4. The van der Waals surface area contributed by atoms with Crippen molar-refractivity contribution in [3.63, 3.8) is 0 Å². The Hall–Kier alpha value is -2.33.